The minimum atomic E-state index is -4.65. The highest BCUT2D eigenvalue weighted by atomic mass is 19.4. The zero-order valence-electron chi connectivity index (χ0n) is 17.9. The fourth-order valence-corrected chi connectivity index (χ4v) is 4.29. The first-order valence-electron chi connectivity index (χ1n) is 10.5. The van der Waals surface area contributed by atoms with Crippen molar-refractivity contribution in [1.29, 1.82) is 0 Å². The summed E-state index contributed by atoms with van der Waals surface area (Å²) >= 11 is 0. The van der Waals surface area contributed by atoms with Gasteiger partial charge in [0.15, 0.2) is 5.82 Å². The minimum Gasteiger partial charge on any atom is -0.335 e. The number of anilines is 2. The lowest BCUT2D eigenvalue weighted by Gasteiger charge is -2.32. The number of alkyl halides is 3. The highest BCUT2D eigenvalue weighted by Crippen LogP contribution is 2.43. The van der Waals surface area contributed by atoms with Crippen molar-refractivity contribution >= 4 is 17.7 Å². The van der Waals surface area contributed by atoms with E-state index in [-0.39, 0.29) is 24.4 Å². The van der Waals surface area contributed by atoms with E-state index in [4.69, 9.17) is 0 Å². The molecule has 8 nitrogen and oxygen atoms in total. The van der Waals surface area contributed by atoms with Crippen molar-refractivity contribution in [2.24, 2.45) is 0 Å². The molecule has 1 saturated carbocycles. The SMILES string of the molecule is CC1(C)c2[nH]nc(Nc3ccnc(C(F)(F)F)n3)c2CN1C(=O)NC1CC1c1ccccc1. The fraction of sp³-hybridized carbons (Fsp3) is 0.364. The zero-order chi connectivity index (χ0) is 23.4. The Bertz CT molecular complexity index is 1190. The quantitative estimate of drug-likeness (QED) is 0.543. The van der Waals surface area contributed by atoms with E-state index in [1.807, 2.05) is 32.0 Å². The molecule has 2 aromatic heterocycles. The molecular formula is C22H22F3N7O. The number of hydrogen-bond donors (Lipinski definition) is 3. The molecule has 0 saturated heterocycles. The monoisotopic (exact) mass is 457 g/mol. The van der Waals surface area contributed by atoms with Crippen LogP contribution in [-0.2, 0) is 18.3 Å². The average molecular weight is 457 g/mol. The van der Waals surface area contributed by atoms with Crippen LogP contribution in [-0.4, -0.2) is 37.1 Å². The van der Waals surface area contributed by atoms with Crippen molar-refractivity contribution in [3.63, 3.8) is 0 Å². The van der Waals surface area contributed by atoms with E-state index in [2.05, 4.69) is 42.9 Å². The van der Waals surface area contributed by atoms with Crippen LogP contribution in [0.15, 0.2) is 42.6 Å². The van der Waals surface area contributed by atoms with E-state index in [0.29, 0.717) is 17.3 Å². The molecule has 1 aliphatic carbocycles. The first kappa shape index (κ1) is 21.2. The summed E-state index contributed by atoms with van der Waals surface area (Å²) < 4.78 is 38.8. The van der Waals surface area contributed by atoms with Crippen LogP contribution >= 0.6 is 0 Å². The van der Waals surface area contributed by atoms with Gasteiger partial charge in [-0.2, -0.15) is 18.3 Å². The van der Waals surface area contributed by atoms with Gasteiger partial charge in [0.1, 0.15) is 5.82 Å². The van der Waals surface area contributed by atoms with Gasteiger partial charge in [-0.1, -0.05) is 30.3 Å². The molecule has 1 fully saturated rings. The smallest absolute Gasteiger partial charge is 0.335 e. The van der Waals surface area contributed by atoms with Crippen LogP contribution in [0.1, 0.15) is 48.8 Å². The second-order valence-electron chi connectivity index (χ2n) is 8.77. The van der Waals surface area contributed by atoms with Gasteiger partial charge >= 0.3 is 12.2 Å². The molecule has 0 bridgehead atoms. The number of aromatic amines is 1. The number of carbonyl (C=O) groups is 1. The van der Waals surface area contributed by atoms with E-state index in [1.54, 1.807) is 4.90 Å². The molecule has 3 aromatic rings. The van der Waals surface area contributed by atoms with Crippen LogP contribution in [0.2, 0.25) is 0 Å². The maximum absolute atomic E-state index is 13.1. The lowest BCUT2D eigenvalue weighted by Crippen LogP contribution is -2.47. The van der Waals surface area contributed by atoms with Crippen LogP contribution in [0.5, 0.6) is 0 Å². The molecule has 172 valence electrons. The molecule has 2 amide bonds. The van der Waals surface area contributed by atoms with Crippen LogP contribution < -0.4 is 10.6 Å². The first-order valence-corrected chi connectivity index (χ1v) is 10.5. The molecule has 1 aliphatic heterocycles. The third-order valence-corrected chi connectivity index (χ3v) is 6.20. The Kier molecular flexibility index (Phi) is 4.80. The number of benzene rings is 1. The molecule has 33 heavy (non-hydrogen) atoms. The minimum absolute atomic E-state index is 0.0315. The number of urea groups is 1. The van der Waals surface area contributed by atoms with Crippen molar-refractivity contribution < 1.29 is 18.0 Å². The number of nitrogens with one attached hydrogen (secondary N) is 3. The molecular weight excluding hydrogens is 435 g/mol. The lowest BCUT2D eigenvalue weighted by molar-refractivity contribution is -0.144. The third kappa shape index (κ3) is 3.87. The summed E-state index contributed by atoms with van der Waals surface area (Å²) in [5.74, 6) is -0.638. The summed E-state index contributed by atoms with van der Waals surface area (Å²) in [5.41, 5.74) is 1.96. The van der Waals surface area contributed by atoms with Gasteiger partial charge in [-0.3, -0.25) is 5.10 Å². The topological polar surface area (TPSA) is 98.8 Å². The zero-order valence-corrected chi connectivity index (χ0v) is 17.9. The summed E-state index contributed by atoms with van der Waals surface area (Å²) in [5, 5.41) is 13.1. The predicted molar refractivity (Wildman–Crippen MR) is 114 cm³/mol. The Hall–Kier alpha value is -3.63. The number of carbonyl (C=O) groups excluding carboxylic acids is 1. The maximum atomic E-state index is 13.1. The number of nitrogens with zero attached hydrogens (tertiary/aromatic N) is 4. The number of amides is 2. The molecule has 5 rings (SSSR count). The third-order valence-electron chi connectivity index (χ3n) is 6.20. The summed E-state index contributed by atoms with van der Waals surface area (Å²) in [6.45, 7) is 4.05. The number of aromatic nitrogens is 4. The Morgan fingerprint density at radius 1 is 1.21 bits per heavy atom. The highest BCUT2D eigenvalue weighted by molar-refractivity contribution is 5.78. The normalized spacial score (nSPS) is 20.9. The van der Waals surface area contributed by atoms with Crippen molar-refractivity contribution in [3.8, 4) is 0 Å². The number of rotatable bonds is 4. The van der Waals surface area contributed by atoms with Gasteiger partial charge < -0.3 is 15.5 Å². The summed E-state index contributed by atoms with van der Waals surface area (Å²) in [6, 6.07) is 11.3. The Morgan fingerprint density at radius 3 is 2.70 bits per heavy atom. The molecule has 3 heterocycles. The predicted octanol–water partition coefficient (Wildman–Crippen LogP) is 4.28. The number of hydrogen-bond acceptors (Lipinski definition) is 5. The largest absolute Gasteiger partial charge is 0.451 e. The average Bonchev–Trinajstić information content (AvgIpc) is 3.33. The van der Waals surface area contributed by atoms with Crippen molar-refractivity contribution in [1.82, 2.24) is 30.4 Å². The van der Waals surface area contributed by atoms with E-state index >= 15 is 0 Å². The van der Waals surface area contributed by atoms with Crippen molar-refractivity contribution in [2.75, 3.05) is 5.32 Å². The second kappa shape index (κ2) is 7.46. The molecule has 2 unspecified atom stereocenters. The molecule has 3 N–H and O–H groups in total. The van der Waals surface area contributed by atoms with Gasteiger partial charge in [-0.25, -0.2) is 14.8 Å². The standard InChI is InChI=1S/C22H22F3N7O/c1-21(2)17-14(18(31-30-17)28-16-8-9-26-19(29-16)22(23,24)25)11-32(21)20(33)27-15-10-13(15)12-6-4-3-5-7-12/h3-9,13,15H,10-11H2,1-2H3,(H,27,33)(H2,26,28,29,30,31). The van der Waals surface area contributed by atoms with E-state index in [9.17, 15) is 18.0 Å². The molecule has 2 aliphatic rings. The maximum Gasteiger partial charge on any atom is 0.451 e. The molecule has 0 spiro atoms. The van der Waals surface area contributed by atoms with Crippen molar-refractivity contribution in [2.45, 2.75) is 50.5 Å². The first-order chi connectivity index (χ1) is 15.6. The summed E-state index contributed by atoms with van der Waals surface area (Å²) in [6.07, 6.45) is -2.73. The van der Waals surface area contributed by atoms with Gasteiger partial charge in [0.05, 0.1) is 17.8 Å². The van der Waals surface area contributed by atoms with Gasteiger partial charge in [-0.05, 0) is 31.9 Å². The van der Waals surface area contributed by atoms with E-state index in [1.165, 1.54) is 11.6 Å². The summed E-state index contributed by atoms with van der Waals surface area (Å²) in [7, 11) is 0. The van der Waals surface area contributed by atoms with Crippen LogP contribution in [0.4, 0.5) is 29.6 Å². The van der Waals surface area contributed by atoms with Gasteiger partial charge in [0.2, 0.25) is 5.82 Å². The Balaban J connectivity index is 1.30. The Morgan fingerprint density at radius 2 is 1.97 bits per heavy atom. The highest BCUT2D eigenvalue weighted by Gasteiger charge is 2.47. The fourth-order valence-electron chi connectivity index (χ4n) is 4.29. The van der Waals surface area contributed by atoms with Crippen LogP contribution in [0.3, 0.4) is 0 Å². The summed E-state index contributed by atoms with van der Waals surface area (Å²) in [4.78, 5) is 21.6. The lowest BCUT2D eigenvalue weighted by atomic mass is 10.0. The molecule has 11 heteroatoms. The van der Waals surface area contributed by atoms with Gasteiger partial charge in [-0.15, -0.1) is 0 Å². The van der Waals surface area contributed by atoms with E-state index in [0.717, 1.165) is 18.3 Å². The second-order valence-corrected chi connectivity index (χ2v) is 8.77. The number of halogens is 3. The molecule has 2 atom stereocenters. The number of fused-ring (bicyclic) bond motifs is 1. The Labute approximate surface area is 187 Å². The molecule has 1 aromatic carbocycles. The van der Waals surface area contributed by atoms with Crippen LogP contribution in [0, 0.1) is 0 Å². The van der Waals surface area contributed by atoms with Gasteiger partial charge in [0.25, 0.3) is 0 Å². The van der Waals surface area contributed by atoms with Crippen LogP contribution in [0.25, 0.3) is 0 Å². The van der Waals surface area contributed by atoms with Gasteiger partial charge in [0, 0.05) is 23.7 Å². The molecule has 0 radical (unpaired) electrons. The van der Waals surface area contributed by atoms with Crippen molar-refractivity contribution in [3.05, 3.63) is 65.2 Å². The van der Waals surface area contributed by atoms with E-state index < -0.39 is 17.5 Å². The number of H-pyrrole nitrogens is 1.